The normalized spacial score (nSPS) is 13.5. The average Bonchev–Trinajstić information content (AvgIpc) is 2.56. The first-order valence-corrected chi connectivity index (χ1v) is 13.5. The predicted molar refractivity (Wildman–Crippen MR) is 97.1 cm³/mol. The molecule has 0 bridgehead atoms. The van der Waals surface area contributed by atoms with Crippen LogP contribution < -0.4 is 0 Å². The van der Waals surface area contributed by atoms with Crippen LogP contribution in [0, 0.1) is 0 Å². The molecule has 22 heavy (non-hydrogen) atoms. The van der Waals surface area contributed by atoms with Crippen LogP contribution in [0.5, 0.6) is 0 Å². The molecule has 0 N–H and O–H groups in total. The summed E-state index contributed by atoms with van der Waals surface area (Å²) in [6.07, 6.45) is 4.48. The van der Waals surface area contributed by atoms with Crippen molar-refractivity contribution in [2.75, 3.05) is 60.4 Å². The number of hydrogen-bond acceptors (Lipinski definition) is 6. The zero-order chi connectivity index (χ0) is 17.1. The van der Waals surface area contributed by atoms with Gasteiger partial charge in [-0.25, -0.2) is 0 Å². The molecule has 0 fully saturated rings. The fourth-order valence-electron chi connectivity index (χ4n) is 2.36. The van der Waals surface area contributed by atoms with Crippen LogP contribution >= 0.6 is 10.9 Å². The minimum atomic E-state index is -2.41. The van der Waals surface area contributed by atoms with Gasteiger partial charge in [0.2, 0.25) is 0 Å². The minimum absolute atomic E-state index is 0.00559. The van der Waals surface area contributed by atoms with Crippen molar-refractivity contribution in [1.29, 1.82) is 0 Å². The average molecular weight is 375 g/mol. The second-order valence-corrected chi connectivity index (χ2v) is 13.9. The molecule has 9 heteroatoms. The quantitative estimate of drug-likeness (QED) is 0.371. The highest BCUT2D eigenvalue weighted by molar-refractivity contribution is 8.16. The van der Waals surface area contributed by atoms with Gasteiger partial charge in [-0.1, -0.05) is 0 Å². The summed E-state index contributed by atoms with van der Waals surface area (Å²) in [5.74, 6) is 2.39. The molecule has 0 heterocycles. The lowest BCUT2D eigenvalue weighted by molar-refractivity contribution is 0.123. The van der Waals surface area contributed by atoms with Crippen molar-refractivity contribution in [2.24, 2.45) is 0 Å². The van der Waals surface area contributed by atoms with Crippen molar-refractivity contribution in [3.8, 4) is 0 Å². The van der Waals surface area contributed by atoms with E-state index in [2.05, 4.69) is 6.26 Å². The van der Waals surface area contributed by atoms with Gasteiger partial charge in [-0.15, -0.1) is 0 Å². The molecule has 0 spiro atoms. The molecule has 0 saturated carbocycles. The predicted octanol–water partition coefficient (Wildman–Crippen LogP) is 2.15. The van der Waals surface area contributed by atoms with E-state index in [4.69, 9.17) is 26.6 Å². The third-order valence-electron chi connectivity index (χ3n) is 3.91. The molecule has 0 aliphatic rings. The molecule has 0 atom stereocenters. The van der Waals surface area contributed by atoms with Crippen molar-refractivity contribution in [2.45, 2.75) is 24.9 Å². The molecular formula is C13H34O6SSi2. The molecule has 0 aromatic heterocycles. The summed E-state index contributed by atoms with van der Waals surface area (Å²) in [4.78, 5) is 0. The minimum Gasteiger partial charge on any atom is -0.377 e. The van der Waals surface area contributed by atoms with Crippen LogP contribution in [-0.2, 0) is 26.6 Å². The van der Waals surface area contributed by atoms with E-state index in [1.54, 1.807) is 42.7 Å². The van der Waals surface area contributed by atoms with Gasteiger partial charge in [0.15, 0.2) is 0 Å². The van der Waals surface area contributed by atoms with Gasteiger partial charge in [0.05, 0.1) is 0 Å². The van der Waals surface area contributed by atoms with Crippen LogP contribution in [-0.4, -0.2) is 78.0 Å². The van der Waals surface area contributed by atoms with Crippen molar-refractivity contribution in [3.05, 3.63) is 0 Å². The van der Waals surface area contributed by atoms with Gasteiger partial charge in [-0.2, -0.15) is 0 Å². The van der Waals surface area contributed by atoms with Crippen LogP contribution in [0.15, 0.2) is 0 Å². The Morgan fingerprint density at radius 1 is 0.591 bits per heavy atom. The van der Waals surface area contributed by atoms with Gasteiger partial charge >= 0.3 is 17.6 Å². The SMILES string of the molecule is CO[Si](CCC[SH](C)CCC[Si](OC)(OC)OC)(OC)OC. The van der Waals surface area contributed by atoms with E-state index in [1.807, 2.05) is 0 Å². The van der Waals surface area contributed by atoms with E-state index in [0.717, 1.165) is 24.9 Å². The standard InChI is InChI=1S/C13H34O6SSi2/c1-14-21(15-2,16-3)12-8-10-20(7)11-9-13-22(17-4,18-5)19-6/h20H,8-13H2,1-7H3. The van der Waals surface area contributed by atoms with Crippen LogP contribution in [0.2, 0.25) is 12.1 Å². The maximum atomic E-state index is 5.45. The molecule has 0 aliphatic heterocycles. The monoisotopic (exact) mass is 374 g/mol. The summed E-state index contributed by atoms with van der Waals surface area (Å²) >= 11 is 0. The van der Waals surface area contributed by atoms with Gasteiger partial charge in [-0.05, 0) is 30.6 Å². The third-order valence-corrected chi connectivity index (χ3v) is 11.7. The molecule has 0 saturated heterocycles. The fourth-order valence-corrected chi connectivity index (χ4v) is 8.01. The highest BCUT2D eigenvalue weighted by Crippen LogP contribution is 2.27. The highest BCUT2D eigenvalue weighted by Gasteiger charge is 2.38. The summed E-state index contributed by atoms with van der Waals surface area (Å²) in [6, 6.07) is 1.74. The van der Waals surface area contributed by atoms with Gasteiger partial charge in [0.1, 0.15) is 0 Å². The molecule has 6 nitrogen and oxygen atoms in total. The summed E-state index contributed by atoms with van der Waals surface area (Å²) in [7, 11) is 5.17. The summed E-state index contributed by atoms with van der Waals surface area (Å²) in [5, 5.41) is 0. The molecule has 0 unspecified atom stereocenters. The second-order valence-electron chi connectivity index (χ2n) is 5.10. The van der Waals surface area contributed by atoms with Crippen molar-refractivity contribution < 1.29 is 26.6 Å². The zero-order valence-corrected chi connectivity index (χ0v) is 18.0. The van der Waals surface area contributed by atoms with E-state index < -0.39 is 17.6 Å². The Labute approximate surface area is 140 Å². The van der Waals surface area contributed by atoms with Crippen LogP contribution in [0.25, 0.3) is 0 Å². The first kappa shape index (κ1) is 22.5. The largest absolute Gasteiger partial charge is 0.500 e. The first-order valence-electron chi connectivity index (χ1n) is 7.46. The van der Waals surface area contributed by atoms with Gasteiger partial charge in [0, 0.05) is 54.7 Å². The Morgan fingerprint density at radius 3 is 1.09 bits per heavy atom. The third kappa shape index (κ3) is 7.41. The molecule has 0 rings (SSSR count). The fraction of sp³-hybridized carbons (Fsp3) is 1.00. The van der Waals surface area contributed by atoms with Crippen molar-refractivity contribution in [3.63, 3.8) is 0 Å². The molecule has 0 radical (unpaired) electrons. The Hall–Kier alpha value is 0.544. The van der Waals surface area contributed by atoms with Crippen molar-refractivity contribution in [1.82, 2.24) is 0 Å². The number of rotatable bonds is 14. The maximum Gasteiger partial charge on any atom is 0.500 e. The first-order chi connectivity index (χ1) is 10.5. The van der Waals surface area contributed by atoms with E-state index in [-0.39, 0.29) is 10.9 Å². The summed E-state index contributed by atoms with van der Waals surface area (Å²) in [5.41, 5.74) is 0. The molecule has 0 aromatic carbocycles. The lowest BCUT2D eigenvalue weighted by Crippen LogP contribution is -2.43. The Bertz CT molecular complexity index is 235. The zero-order valence-electron chi connectivity index (χ0n) is 15.1. The summed E-state index contributed by atoms with van der Waals surface area (Å²) in [6.45, 7) is 0. The van der Waals surface area contributed by atoms with Crippen LogP contribution in [0.4, 0.5) is 0 Å². The maximum absolute atomic E-state index is 5.45. The van der Waals surface area contributed by atoms with E-state index in [0.29, 0.717) is 0 Å². The van der Waals surface area contributed by atoms with Crippen molar-refractivity contribution >= 4 is 28.5 Å². The highest BCUT2D eigenvalue weighted by atomic mass is 32.2. The Kier molecular flexibility index (Phi) is 12.3. The van der Waals surface area contributed by atoms with Crippen LogP contribution in [0.1, 0.15) is 12.8 Å². The molecule has 0 aromatic rings. The Morgan fingerprint density at radius 2 is 0.864 bits per heavy atom. The number of hydrogen-bond donors (Lipinski definition) is 1. The lowest BCUT2D eigenvalue weighted by Gasteiger charge is -2.26. The molecule has 136 valence electrons. The second kappa shape index (κ2) is 12.0. The van der Waals surface area contributed by atoms with E-state index >= 15 is 0 Å². The van der Waals surface area contributed by atoms with E-state index in [9.17, 15) is 0 Å². The molecular weight excluding hydrogens is 340 g/mol. The van der Waals surface area contributed by atoms with Gasteiger partial charge in [0.25, 0.3) is 0 Å². The molecule has 0 aliphatic carbocycles. The topological polar surface area (TPSA) is 55.4 Å². The Balaban J connectivity index is 4.03. The van der Waals surface area contributed by atoms with E-state index in [1.165, 1.54) is 11.5 Å². The lowest BCUT2D eigenvalue weighted by atomic mass is 10.6. The molecule has 0 amide bonds. The van der Waals surface area contributed by atoms with Crippen LogP contribution in [0.3, 0.4) is 0 Å². The van der Waals surface area contributed by atoms with Gasteiger partial charge < -0.3 is 26.6 Å². The smallest absolute Gasteiger partial charge is 0.377 e. The number of thiol groups is 1. The van der Waals surface area contributed by atoms with Gasteiger partial charge in [-0.3, -0.25) is 10.9 Å². The summed E-state index contributed by atoms with van der Waals surface area (Å²) < 4.78 is 32.7.